The molecule has 3 rings (SSSR count). The fraction of sp³-hybridized carbons (Fsp3) is 0.444. The van der Waals surface area contributed by atoms with Crippen LogP contribution < -0.4 is 4.90 Å². The van der Waals surface area contributed by atoms with Crippen LogP contribution in [0.1, 0.15) is 26.3 Å². The van der Waals surface area contributed by atoms with Crippen LogP contribution >= 0.6 is 27.5 Å². The molecule has 7 heteroatoms. The number of piperazine rings is 1. The van der Waals surface area contributed by atoms with Crippen molar-refractivity contribution >= 4 is 44.1 Å². The lowest BCUT2D eigenvalue weighted by atomic mass is 10.0. The van der Waals surface area contributed by atoms with Gasteiger partial charge in [0.2, 0.25) is 0 Å². The van der Waals surface area contributed by atoms with E-state index in [0.717, 1.165) is 26.2 Å². The molecule has 1 aliphatic heterocycles. The second kappa shape index (κ2) is 6.71. The smallest absolute Gasteiger partial charge is 0.165 e. The summed E-state index contributed by atoms with van der Waals surface area (Å²) in [5.74, 6) is -0.499. The Balaban J connectivity index is 2.08. The number of nitriles is 1. The van der Waals surface area contributed by atoms with E-state index in [9.17, 15) is 9.65 Å². The highest BCUT2D eigenvalue weighted by Gasteiger charge is 2.28. The first-order chi connectivity index (χ1) is 11.7. The summed E-state index contributed by atoms with van der Waals surface area (Å²) in [7, 11) is 0. The Morgan fingerprint density at radius 1 is 1.28 bits per heavy atom. The Morgan fingerprint density at radius 3 is 2.48 bits per heavy atom. The number of benzene rings is 1. The minimum absolute atomic E-state index is 0.102. The van der Waals surface area contributed by atoms with Crippen molar-refractivity contribution in [2.45, 2.75) is 26.3 Å². The van der Waals surface area contributed by atoms with Crippen LogP contribution in [0.4, 0.5) is 10.1 Å². The molecular formula is C18H19BrClFN4. The number of pyridine rings is 1. The summed E-state index contributed by atoms with van der Waals surface area (Å²) in [6.07, 6.45) is 1.44. The fourth-order valence-corrected chi connectivity index (χ4v) is 3.75. The molecule has 2 aromatic rings. The first-order valence-corrected chi connectivity index (χ1v) is 9.27. The predicted molar refractivity (Wildman–Crippen MR) is 103 cm³/mol. The van der Waals surface area contributed by atoms with Crippen LogP contribution in [0.15, 0.2) is 16.7 Å². The van der Waals surface area contributed by atoms with Crippen LogP contribution in [0, 0.1) is 17.1 Å². The number of hydrogen-bond donors (Lipinski definition) is 0. The van der Waals surface area contributed by atoms with Crippen LogP contribution in [0.2, 0.25) is 5.02 Å². The molecule has 0 saturated carbocycles. The summed E-state index contributed by atoms with van der Waals surface area (Å²) in [5, 5.41) is 10.4. The van der Waals surface area contributed by atoms with Crippen molar-refractivity contribution in [1.29, 1.82) is 5.26 Å². The molecule has 0 spiro atoms. The van der Waals surface area contributed by atoms with Crippen LogP contribution in [0.5, 0.6) is 0 Å². The second-order valence-electron chi connectivity index (χ2n) is 7.16. The number of nitrogens with zero attached hydrogens (tertiary/aromatic N) is 4. The lowest BCUT2D eigenvalue weighted by Crippen LogP contribution is -2.53. The van der Waals surface area contributed by atoms with Crippen molar-refractivity contribution in [2.24, 2.45) is 0 Å². The molecular weight excluding hydrogens is 407 g/mol. The van der Waals surface area contributed by atoms with Crippen LogP contribution in [-0.2, 0) is 0 Å². The molecule has 1 fully saturated rings. The Kier molecular flexibility index (Phi) is 4.93. The van der Waals surface area contributed by atoms with Crippen LogP contribution in [0.3, 0.4) is 0 Å². The van der Waals surface area contributed by atoms with E-state index in [1.54, 1.807) is 6.07 Å². The predicted octanol–water partition coefficient (Wildman–Crippen LogP) is 4.58. The van der Waals surface area contributed by atoms with Gasteiger partial charge < -0.3 is 4.90 Å². The third kappa shape index (κ3) is 3.33. The van der Waals surface area contributed by atoms with Crippen molar-refractivity contribution in [3.05, 3.63) is 33.1 Å². The molecule has 1 aromatic heterocycles. The first-order valence-electron chi connectivity index (χ1n) is 8.10. The maximum absolute atomic E-state index is 14.6. The summed E-state index contributed by atoms with van der Waals surface area (Å²) in [5.41, 5.74) is 1.48. The molecule has 1 saturated heterocycles. The first kappa shape index (κ1) is 18.4. The zero-order chi connectivity index (χ0) is 18.4. The average Bonchev–Trinajstić information content (AvgIpc) is 2.58. The van der Waals surface area contributed by atoms with Crippen molar-refractivity contribution < 1.29 is 4.39 Å². The Morgan fingerprint density at radius 2 is 1.92 bits per heavy atom. The molecule has 0 unspecified atom stereocenters. The summed E-state index contributed by atoms with van der Waals surface area (Å²) in [6.45, 7) is 9.87. The number of rotatable bonds is 1. The van der Waals surface area contributed by atoms with Crippen LogP contribution in [0.25, 0.3) is 10.9 Å². The van der Waals surface area contributed by atoms with Gasteiger partial charge >= 0.3 is 0 Å². The van der Waals surface area contributed by atoms with Gasteiger partial charge in [0, 0.05) is 43.3 Å². The van der Waals surface area contributed by atoms with Gasteiger partial charge in [0.05, 0.1) is 20.7 Å². The Bertz CT molecular complexity index is 864. The number of hydrogen-bond acceptors (Lipinski definition) is 4. The average molecular weight is 426 g/mol. The van der Waals surface area contributed by atoms with E-state index in [0.29, 0.717) is 16.6 Å². The zero-order valence-electron chi connectivity index (χ0n) is 14.4. The highest BCUT2D eigenvalue weighted by atomic mass is 79.9. The minimum atomic E-state index is -0.499. The molecule has 0 bridgehead atoms. The van der Waals surface area contributed by atoms with E-state index in [1.807, 2.05) is 0 Å². The summed E-state index contributed by atoms with van der Waals surface area (Å²) in [6, 6.07) is 3.87. The largest absolute Gasteiger partial charge is 0.367 e. The van der Waals surface area contributed by atoms with Crippen molar-refractivity contribution in [1.82, 2.24) is 9.88 Å². The summed E-state index contributed by atoms with van der Waals surface area (Å²) < 4.78 is 14.8. The highest BCUT2D eigenvalue weighted by molar-refractivity contribution is 9.10. The Labute approximate surface area is 160 Å². The lowest BCUT2D eigenvalue weighted by Gasteiger charge is -2.43. The molecule has 4 nitrogen and oxygen atoms in total. The maximum Gasteiger partial charge on any atom is 0.165 e. The lowest BCUT2D eigenvalue weighted by molar-refractivity contribution is 0.128. The van der Waals surface area contributed by atoms with Gasteiger partial charge in [-0.1, -0.05) is 11.6 Å². The summed E-state index contributed by atoms with van der Waals surface area (Å²) in [4.78, 5) is 8.68. The molecule has 1 aromatic carbocycles. The SMILES string of the molecule is CC(C)(C)N1CCN(c2c(C#N)cnc3c(F)c(Br)c(Cl)cc23)CC1. The molecule has 0 atom stereocenters. The minimum Gasteiger partial charge on any atom is -0.367 e. The standard InChI is InChI=1S/C18H19BrClFN4/c1-18(2,3)25-6-4-24(5-7-25)17-11(9-22)10-23-16-12(17)8-13(20)14(19)15(16)21/h8,10H,4-7H2,1-3H3. The van der Waals surface area contributed by atoms with Gasteiger partial charge in [0.15, 0.2) is 5.82 Å². The van der Waals surface area contributed by atoms with Crippen molar-refractivity contribution in [2.75, 3.05) is 31.1 Å². The second-order valence-corrected chi connectivity index (χ2v) is 8.36. The van der Waals surface area contributed by atoms with Crippen molar-refractivity contribution in [3.63, 3.8) is 0 Å². The highest BCUT2D eigenvalue weighted by Crippen LogP contribution is 2.37. The van der Waals surface area contributed by atoms with E-state index in [4.69, 9.17) is 11.6 Å². The Hall–Kier alpha value is -1.42. The van der Waals surface area contributed by atoms with Gasteiger partial charge in [-0.2, -0.15) is 5.26 Å². The number of fused-ring (bicyclic) bond motifs is 1. The van der Waals surface area contributed by atoms with Gasteiger partial charge in [-0.15, -0.1) is 0 Å². The van der Waals surface area contributed by atoms with Gasteiger partial charge in [0.1, 0.15) is 11.6 Å². The van der Waals surface area contributed by atoms with E-state index in [2.05, 4.69) is 57.6 Å². The monoisotopic (exact) mass is 424 g/mol. The number of anilines is 1. The molecule has 1 aliphatic rings. The normalized spacial score (nSPS) is 16.3. The van der Waals surface area contributed by atoms with E-state index >= 15 is 0 Å². The zero-order valence-corrected chi connectivity index (χ0v) is 16.7. The maximum atomic E-state index is 14.6. The fourth-order valence-electron chi connectivity index (χ4n) is 3.25. The van der Waals surface area contributed by atoms with Gasteiger partial charge in [-0.05, 0) is 42.8 Å². The molecule has 0 N–H and O–H groups in total. The van der Waals surface area contributed by atoms with E-state index < -0.39 is 5.82 Å². The van der Waals surface area contributed by atoms with Gasteiger partial charge in [-0.25, -0.2) is 4.39 Å². The third-order valence-electron chi connectivity index (χ3n) is 4.63. The molecule has 0 aliphatic carbocycles. The van der Waals surface area contributed by atoms with Gasteiger partial charge in [-0.3, -0.25) is 9.88 Å². The van der Waals surface area contributed by atoms with Crippen LogP contribution in [-0.4, -0.2) is 41.6 Å². The molecule has 0 radical (unpaired) electrons. The number of aromatic nitrogens is 1. The van der Waals surface area contributed by atoms with Gasteiger partial charge in [0.25, 0.3) is 0 Å². The quantitative estimate of drug-likeness (QED) is 0.627. The molecule has 132 valence electrons. The molecule has 25 heavy (non-hydrogen) atoms. The number of halogens is 3. The van der Waals surface area contributed by atoms with E-state index in [1.165, 1.54) is 6.20 Å². The summed E-state index contributed by atoms with van der Waals surface area (Å²) >= 11 is 9.31. The van der Waals surface area contributed by atoms with Crippen molar-refractivity contribution in [3.8, 4) is 6.07 Å². The van der Waals surface area contributed by atoms with E-state index in [-0.39, 0.29) is 20.6 Å². The third-order valence-corrected chi connectivity index (χ3v) is 5.94. The molecule has 0 amide bonds. The topological polar surface area (TPSA) is 43.2 Å². The molecule has 2 heterocycles.